The number of phosphoric acid groups is 1. The summed E-state index contributed by atoms with van der Waals surface area (Å²) in [5.74, 6) is -0.912. The second-order valence-corrected chi connectivity index (χ2v) is 16.8. The van der Waals surface area contributed by atoms with Gasteiger partial charge in [-0.15, -0.1) is 0 Å². The maximum atomic E-state index is 12.7. The zero-order chi connectivity index (χ0) is 41.4. The van der Waals surface area contributed by atoms with Crippen LogP contribution < -0.4 is 4.89 Å². The second-order valence-electron chi connectivity index (χ2n) is 15.3. The van der Waals surface area contributed by atoms with Gasteiger partial charge in [0.25, 0.3) is 7.82 Å². The first-order valence-corrected chi connectivity index (χ1v) is 23.1. The van der Waals surface area contributed by atoms with Gasteiger partial charge in [0, 0.05) is 12.8 Å². The summed E-state index contributed by atoms with van der Waals surface area (Å²) < 4.78 is 33.8. The molecule has 0 spiro atoms. The van der Waals surface area contributed by atoms with Crippen LogP contribution in [0.15, 0.2) is 72.9 Å². The number of hydrogen-bond donors (Lipinski definition) is 0. The summed E-state index contributed by atoms with van der Waals surface area (Å²) in [6.45, 7) is 4.07. The lowest BCUT2D eigenvalue weighted by Crippen LogP contribution is -2.37. The fourth-order valence-corrected chi connectivity index (χ4v) is 5.98. The van der Waals surface area contributed by atoms with Gasteiger partial charge in [0.1, 0.15) is 19.8 Å². The van der Waals surface area contributed by atoms with Crippen molar-refractivity contribution in [2.75, 3.05) is 47.5 Å². The van der Waals surface area contributed by atoms with Crippen molar-refractivity contribution in [2.45, 2.75) is 161 Å². The van der Waals surface area contributed by atoms with Crippen molar-refractivity contribution in [2.24, 2.45) is 0 Å². The Morgan fingerprint density at radius 1 is 0.554 bits per heavy atom. The molecule has 0 fully saturated rings. The van der Waals surface area contributed by atoms with Crippen molar-refractivity contribution >= 4 is 19.8 Å². The van der Waals surface area contributed by atoms with Gasteiger partial charge in [0.05, 0.1) is 27.7 Å². The molecule has 0 bridgehead atoms. The molecule has 0 N–H and O–H groups in total. The van der Waals surface area contributed by atoms with Gasteiger partial charge in [-0.25, -0.2) is 0 Å². The largest absolute Gasteiger partial charge is 0.756 e. The van der Waals surface area contributed by atoms with E-state index in [2.05, 4.69) is 86.8 Å². The first kappa shape index (κ1) is 53.5. The molecule has 0 aliphatic rings. The SMILES string of the molecule is CCCCC/C=C/C/C=C/C/C=C/CCCCCCC(=O)O[C@H](COC(=O)CCCC/C=C/C/C=C/C/C=C/CCCCC)COP(=O)([O-])OCC[N+](C)(C)C. The van der Waals surface area contributed by atoms with Crippen molar-refractivity contribution in [3.05, 3.63) is 72.9 Å². The summed E-state index contributed by atoms with van der Waals surface area (Å²) >= 11 is 0. The van der Waals surface area contributed by atoms with Crippen molar-refractivity contribution in [3.8, 4) is 0 Å². The van der Waals surface area contributed by atoms with Crippen LogP contribution >= 0.6 is 7.82 Å². The maximum absolute atomic E-state index is 12.7. The van der Waals surface area contributed by atoms with Crippen LogP contribution in [0.3, 0.4) is 0 Å². The van der Waals surface area contributed by atoms with Crippen LogP contribution in [0.25, 0.3) is 0 Å². The Bertz CT molecular complexity index is 1180. The first-order chi connectivity index (χ1) is 27.0. The van der Waals surface area contributed by atoms with Gasteiger partial charge in [-0.3, -0.25) is 14.2 Å². The molecule has 2 atom stereocenters. The summed E-state index contributed by atoms with van der Waals surface area (Å²) in [6, 6.07) is 0. The van der Waals surface area contributed by atoms with Gasteiger partial charge in [-0.2, -0.15) is 0 Å². The molecule has 0 aromatic rings. The Morgan fingerprint density at radius 2 is 0.964 bits per heavy atom. The number of hydrogen-bond acceptors (Lipinski definition) is 8. The van der Waals surface area contributed by atoms with Gasteiger partial charge >= 0.3 is 11.9 Å². The molecule has 0 saturated heterocycles. The van der Waals surface area contributed by atoms with E-state index in [9.17, 15) is 19.0 Å². The predicted octanol–water partition coefficient (Wildman–Crippen LogP) is 11.6. The third-order valence-corrected chi connectivity index (χ3v) is 9.66. The monoisotopic (exact) mass is 806 g/mol. The fraction of sp³-hybridized carbons (Fsp3) is 0.696. The predicted molar refractivity (Wildman–Crippen MR) is 231 cm³/mol. The number of quaternary nitrogens is 1. The van der Waals surface area contributed by atoms with Gasteiger partial charge < -0.3 is 27.9 Å². The highest BCUT2D eigenvalue weighted by Gasteiger charge is 2.21. The van der Waals surface area contributed by atoms with Crippen LogP contribution in [0.4, 0.5) is 0 Å². The highest BCUT2D eigenvalue weighted by Crippen LogP contribution is 2.38. The van der Waals surface area contributed by atoms with Gasteiger partial charge in [-0.05, 0) is 89.9 Å². The van der Waals surface area contributed by atoms with E-state index >= 15 is 0 Å². The van der Waals surface area contributed by atoms with Gasteiger partial charge in [0.15, 0.2) is 6.10 Å². The third-order valence-electron chi connectivity index (χ3n) is 8.70. The standard InChI is InChI=1S/C46H80NO8P/c1-6-8-10-12-14-16-18-20-22-23-25-27-29-31-33-35-37-39-46(49)55-44(43-54-56(50,51)53-41-40-47(3,4)5)42-52-45(48)38-36-34-32-30-28-26-24-21-19-17-15-13-11-9-7-2/h14-17,20-22,24-25,27-28,30,44H,6-13,18-19,23,26,29,31-43H2,1-5H3/b16-14+,17-15+,22-20+,24-21+,27-25+,30-28+/t44-/m1/s1. The lowest BCUT2D eigenvalue weighted by Gasteiger charge is -2.28. The van der Waals surface area contributed by atoms with Crippen LogP contribution in [0, 0.1) is 0 Å². The molecule has 1 unspecified atom stereocenters. The molecule has 0 heterocycles. The number of phosphoric ester groups is 1. The van der Waals surface area contributed by atoms with Gasteiger partial charge in [-0.1, -0.05) is 125 Å². The van der Waals surface area contributed by atoms with E-state index in [-0.39, 0.29) is 26.1 Å². The average molecular weight is 806 g/mol. The molecule has 0 aromatic heterocycles. The number of carbonyl (C=O) groups excluding carboxylic acids is 2. The molecule has 322 valence electrons. The molecule has 9 nitrogen and oxygen atoms in total. The highest BCUT2D eigenvalue weighted by atomic mass is 31.2. The Hall–Kier alpha value is -2.55. The third kappa shape index (κ3) is 41.1. The molecule has 0 radical (unpaired) electrons. The Kier molecular flexibility index (Phi) is 36.3. The molecule has 0 aliphatic heterocycles. The summed E-state index contributed by atoms with van der Waals surface area (Å²) in [4.78, 5) is 37.5. The fourth-order valence-electron chi connectivity index (χ4n) is 5.25. The highest BCUT2D eigenvalue weighted by molar-refractivity contribution is 7.45. The summed E-state index contributed by atoms with van der Waals surface area (Å²) in [6.07, 6.45) is 46.4. The normalized spacial score (nSPS) is 14.3. The quantitative estimate of drug-likeness (QED) is 0.0199. The minimum Gasteiger partial charge on any atom is -0.756 e. The number of likely N-dealkylation sites (N-methyl/N-ethyl adjacent to an activating group) is 1. The molecule has 0 rings (SSSR count). The van der Waals surface area contributed by atoms with Crippen LogP contribution in [-0.4, -0.2) is 70.0 Å². The zero-order valence-corrected chi connectivity index (χ0v) is 36.9. The zero-order valence-electron chi connectivity index (χ0n) is 36.1. The van der Waals surface area contributed by atoms with E-state index in [1.165, 1.54) is 44.9 Å². The molecule has 56 heavy (non-hydrogen) atoms. The van der Waals surface area contributed by atoms with E-state index in [0.29, 0.717) is 23.9 Å². The lowest BCUT2D eigenvalue weighted by molar-refractivity contribution is -0.870. The van der Waals surface area contributed by atoms with E-state index in [1.54, 1.807) is 0 Å². The van der Waals surface area contributed by atoms with E-state index in [1.807, 2.05) is 21.1 Å². The maximum Gasteiger partial charge on any atom is 0.306 e. The minimum absolute atomic E-state index is 0.0452. The second kappa shape index (κ2) is 38.0. The summed E-state index contributed by atoms with van der Waals surface area (Å²) in [7, 11) is 1.12. The van der Waals surface area contributed by atoms with Gasteiger partial charge in [0.2, 0.25) is 0 Å². The van der Waals surface area contributed by atoms with Crippen molar-refractivity contribution < 1.29 is 42.1 Å². The van der Waals surface area contributed by atoms with Crippen LogP contribution in [0.1, 0.15) is 155 Å². The van der Waals surface area contributed by atoms with Crippen molar-refractivity contribution in [1.29, 1.82) is 0 Å². The molecule has 10 heteroatoms. The van der Waals surface area contributed by atoms with Crippen LogP contribution in [-0.2, 0) is 32.7 Å². The Labute approximate surface area is 342 Å². The smallest absolute Gasteiger partial charge is 0.306 e. The number of unbranched alkanes of at least 4 members (excludes halogenated alkanes) is 12. The Balaban J connectivity index is 4.50. The number of carbonyl (C=O) groups is 2. The summed E-state index contributed by atoms with van der Waals surface area (Å²) in [5.41, 5.74) is 0. The average Bonchev–Trinajstić information content (AvgIpc) is 3.15. The van der Waals surface area contributed by atoms with E-state index < -0.39 is 32.5 Å². The lowest BCUT2D eigenvalue weighted by atomic mass is 10.1. The molecule has 0 aromatic carbocycles. The van der Waals surface area contributed by atoms with Crippen molar-refractivity contribution in [3.63, 3.8) is 0 Å². The van der Waals surface area contributed by atoms with Crippen molar-refractivity contribution in [1.82, 2.24) is 0 Å². The van der Waals surface area contributed by atoms with Crippen LogP contribution in [0.5, 0.6) is 0 Å². The number of rotatable bonds is 38. The topological polar surface area (TPSA) is 111 Å². The molecule has 0 amide bonds. The molecular formula is C46H80NO8P. The first-order valence-electron chi connectivity index (χ1n) is 21.6. The summed E-state index contributed by atoms with van der Waals surface area (Å²) in [5, 5.41) is 0. The van der Waals surface area contributed by atoms with E-state index in [0.717, 1.165) is 70.6 Å². The molecular weight excluding hydrogens is 725 g/mol. The van der Waals surface area contributed by atoms with Crippen LogP contribution in [0.2, 0.25) is 0 Å². The number of nitrogens with zero attached hydrogens (tertiary/aromatic N) is 1. The Morgan fingerprint density at radius 3 is 1.45 bits per heavy atom. The molecule has 0 saturated carbocycles. The minimum atomic E-state index is -4.64. The van der Waals surface area contributed by atoms with E-state index in [4.69, 9.17) is 18.5 Å². The number of esters is 2. The molecule has 0 aliphatic carbocycles. The number of ether oxygens (including phenoxy) is 2. The number of allylic oxidation sites excluding steroid dienone is 12.